The second-order valence-electron chi connectivity index (χ2n) is 8.12. The van der Waals surface area contributed by atoms with Crippen LogP contribution in [0.1, 0.15) is 75.7 Å². The van der Waals surface area contributed by atoms with Crippen molar-refractivity contribution in [1.29, 1.82) is 0 Å². The van der Waals surface area contributed by atoms with Gasteiger partial charge in [-0.25, -0.2) is 0 Å². The van der Waals surface area contributed by atoms with E-state index in [2.05, 4.69) is 69.2 Å². The van der Waals surface area contributed by atoms with E-state index in [1.54, 1.807) is 0 Å². The Labute approximate surface area is 104 Å². The van der Waals surface area contributed by atoms with Gasteiger partial charge in [-0.1, -0.05) is 75.7 Å². The predicted octanol–water partition coefficient (Wildman–Crippen LogP) is 5.77. The molecule has 0 nitrogen and oxygen atoms in total. The average molecular weight is 226 g/mol. The first kappa shape index (κ1) is 16.0. The molecule has 1 atom stereocenters. The average Bonchev–Trinajstić information content (AvgIpc) is 1.99. The first-order valence-electron chi connectivity index (χ1n) is 6.87. The molecule has 0 aliphatic heterocycles. The number of rotatable bonds is 4. The summed E-state index contributed by atoms with van der Waals surface area (Å²) in [6, 6.07) is 0. The monoisotopic (exact) mass is 226 g/mol. The third-order valence-corrected chi connectivity index (χ3v) is 4.79. The van der Waals surface area contributed by atoms with Crippen LogP contribution in [0.4, 0.5) is 0 Å². The molecule has 0 heteroatoms. The molecule has 1 unspecified atom stereocenters. The molecule has 0 aliphatic rings. The van der Waals surface area contributed by atoms with Gasteiger partial charge < -0.3 is 0 Å². The largest absolute Gasteiger partial charge is 0.0649 e. The molecule has 0 heterocycles. The molecule has 0 aromatic carbocycles. The van der Waals surface area contributed by atoms with Crippen molar-refractivity contribution in [1.82, 2.24) is 0 Å². The van der Waals surface area contributed by atoms with Crippen molar-refractivity contribution in [3.8, 4) is 0 Å². The molecule has 0 fully saturated rings. The van der Waals surface area contributed by atoms with Gasteiger partial charge >= 0.3 is 0 Å². The van der Waals surface area contributed by atoms with Crippen LogP contribution in [0.15, 0.2) is 0 Å². The molecule has 0 saturated heterocycles. The summed E-state index contributed by atoms with van der Waals surface area (Å²) in [6.45, 7) is 24.0. The van der Waals surface area contributed by atoms with E-state index in [-0.39, 0.29) is 0 Å². The Bertz CT molecular complexity index is 213. The lowest BCUT2D eigenvalue weighted by atomic mass is 9.52. The molecule has 0 saturated carbocycles. The summed E-state index contributed by atoms with van der Waals surface area (Å²) < 4.78 is 0. The van der Waals surface area contributed by atoms with Gasteiger partial charge in [0.25, 0.3) is 0 Å². The lowest BCUT2D eigenvalue weighted by Crippen LogP contribution is -2.46. The highest BCUT2D eigenvalue weighted by Crippen LogP contribution is 2.54. The topological polar surface area (TPSA) is 0 Å². The van der Waals surface area contributed by atoms with Crippen molar-refractivity contribution in [3.05, 3.63) is 0 Å². The third kappa shape index (κ3) is 3.25. The van der Waals surface area contributed by atoms with Gasteiger partial charge in [-0.2, -0.15) is 0 Å². The quantitative estimate of drug-likeness (QED) is 0.571. The van der Waals surface area contributed by atoms with Crippen LogP contribution in [0.25, 0.3) is 0 Å². The van der Waals surface area contributed by atoms with Crippen LogP contribution in [-0.4, -0.2) is 0 Å². The smallest absolute Gasteiger partial charge is 0.0260 e. The first-order valence-corrected chi connectivity index (χ1v) is 6.87. The van der Waals surface area contributed by atoms with Crippen LogP contribution >= 0.6 is 0 Å². The van der Waals surface area contributed by atoms with E-state index < -0.39 is 0 Å². The molecule has 0 amide bonds. The van der Waals surface area contributed by atoms with Crippen molar-refractivity contribution >= 4 is 0 Å². The van der Waals surface area contributed by atoms with E-state index in [0.29, 0.717) is 16.2 Å². The molecule has 0 bridgehead atoms. The van der Waals surface area contributed by atoms with Crippen molar-refractivity contribution in [2.45, 2.75) is 75.7 Å². The Morgan fingerprint density at radius 1 is 0.812 bits per heavy atom. The molecule has 16 heavy (non-hydrogen) atoms. The molecular weight excluding hydrogens is 192 g/mol. The molecule has 0 aromatic heterocycles. The number of hydrogen-bond acceptors (Lipinski definition) is 0. The summed E-state index contributed by atoms with van der Waals surface area (Å²) in [5.74, 6) is 1.46. The second-order valence-corrected chi connectivity index (χ2v) is 8.12. The molecule has 0 radical (unpaired) electrons. The van der Waals surface area contributed by atoms with Crippen LogP contribution in [0, 0.1) is 28.1 Å². The Balaban J connectivity index is 5.45. The molecular formula is C16H34. The minimum atomic E-state index is 0.368. The highest BCUT2D eigenvalue weighted by molar-refractivity contribution is 4.96. The van der Waals surface area contributed by atoms with Crippen molar-refractivity contribution in [3.63, 3.8) is 0 Å². The summed E-state index contributed by atoms with van der Waals surface area (Å²) in [6.07, 6.45) is 1.26. The fourth-order valence-electron chi connectivity index (χ4n) is 3.83. The van der Waals surface area contributed by atoms with E-state index in [1.807, 2.05) is 0 Å². The molecule has 0 aromatic rings. The van der Waals surface area contributed by atoms with Crippen LogP contribution in [0.2, 0.25) is 0 Å². The van der Waals surface area contributed by atoms with Gasteiger partial charge in [-0.15, -0.1) is 0 Å². The zero-order valence-corrected chi connectivity index (χ0v) is 13.4. The van der Waals surface area contributed by atoms with Crippen molar-refractivity contribution < 1.29 is 0 Å². The predicted molar refractivity (Wildman–Crippen MR) is 75.6 cm³/mol. The Morgan fingerprint density at radius 3 is 1.38 bits per heavy atom. The molecule has 0 rings (SSSR count). The molecule has 98 valence electrons. The van der Waals surface area contributed by atoms with Gasteiger partial charge in [0.05, 0.1) is 0 Å². The minimum Gasteiger partial charge on any atom is -0.0649 e. The van der Waals surface area contributed by atoms with Gasteiger partial charge in [0.1, 0.15) is 0 Å². The zero-order chi connectivity index (χ0) is 13.4. The maximum atomic E-state index is 2.45. The van der Waals surface area contributed by atoms with Gasteiger partial charge in [-0.3, -0.25) is 0 Å². The normalized spacial score (nSPS) is 16.7. The summed E-state index contributed by atoms with van der Waals surface area (Å²) >= 11 is 0. The lowest BCUT2D eigenvalue weighted by Gasteiger charge is -2.53. The van der Waals surface area contributed by atoms with E-state index in [4.69, 9.17) is 0 Å². The first-order chi connectivity index (χ1) is 6.87. The van der Waals surface area contributed by atoms with E-state index in [0.717, 1.165) is 11.8 Å². The maximum Gasteiger partial charge on any atom is -0.0260 e. The summed E-state index contributed by atoms with van der Waals surface area (Å²) in [5, 5.41) is 0. The number of hydrogen-bond donors (Lipinski definition) is 0. The summed E-state index contributed by atoms with van der Waals surface area (Å²) in [4.78, 5) is 0. The summed E-state index contributed by atoms with van der Waals surface area (Å²) in [7, 11) is 0. The summed E-state index contributed by atoms with van der Waals surface area (Å²) in [5.41, 5.74) is 1.16. The van der Waals surface area contributed by atoms with E-state index in [9.17, 15) is 0 Å². The highest BCUT2D eigenvalue weighted by atomic mass is 14.5. The molecule has 0 N–H and O–H groups in total. The second kappa shape index (κ2) is 4.70. The van der Waals surface area contributed by atoms with Crippen molar-refractivity contribution in [2.24, 2.45) is 28.1 Å². The van der Waals surface area contributed by atoms with Crippen LogP contribution in [0.5, 0.6) is 0 Å². The van der Waals surface area contributed by atoms with Crippen LogP contribution in [0.3, 0.4) is 0 Å². The van der Waals surface area contributed by atoms with E-state index in [1.165, 1.54) is 6.42 Å². The SMILES string of the molecule is CCC(C)(C)C(C(C)(C)C)C(C)(C)C(C)C. The van der Waals surface area contributed by atoms with Gasteiger partial charge in [0.2, 0.25) is 0 Å². The van der Waals surface area contributed by atoms with Gasteiger partial charge in [-0.05, 0) is 28.1 Å². The Kier molecular flexibility index (Phi) is 4.70. The van der Waals surface area contributed by atoms with Gasteiger partial charge in [0.15, 0.2) is 0 Å². The van der Waals surface area contributed by atoms with Gasteiger partial charge in [0, 0.05) is 0 Å². The van der Waals surface area contributed by atoms with Crippen molar-refractivity contribution in [2.75, 3.05) is 0 Å². The maximum absolute atomic E-state index is 2.45. The Hall–Kier alpha value is 0. The van der Waals surface area contributed by atoms with E-state index >= 15 is 0 Å². The van der Waals surface area contributed by atoms with Crippen LogP contribution in [-0.2, 0) is 0 Å². The van der Waals surface area contributed by atoms with Crippen LogP contribution < -0.4 is 0 Å². The zero-order valence-electron chi connectivity index (χ0n) is 13.4. The fourth-order valence-corrected chi connectivity index (χ4v) is 3.83. The third-order valence-electron chi connectivity index (χ3n) is 4.79. The Morgan fingerprint density at radius 2 is 1.19 bits per heavy atom. The minimum absolute atomic E-state index is 0.368. The molecule has 0 aliphatic carbocycles. The highest BCUT2D eigenvalue weighted by Gasteiger charge is 2.47. The lowest BCUT2D eigenvalue weighted by molar-refractivity contribution is -0.0459. The molecule has 0 spiro atoms. The fraction of sp³-hybridized carbons (Fsp3) is 1.00. The standard InChI is InChI=1S/C16H34/c1-11-15(7,8)13(14(4,5)6)16(9,10)12(2)3/h12-13H,11H2,1-10H3.